The molecule has 5 nitrogen and oxygen atoms in total. The Morgan fingerprint density at radius 1 is 1.44 bits per heavy atom. The highest BCUT2D eigenvalue weighted by molar-refractivity contribution is 7.13. The summed E-state index contributed by atoms with van der Waals surface area (Å²) >= 11 is 1.44. The average Bonchev–Trinajstić information content (AvgIpc) is 2.73. The number of nitrogens with zero attached hydrogens (tertiary/aromatic N) is 1. The molecular formula is C12H22N4OS. The van der Waals surface area contributed by atoms with Crippen LogP contribution >= 0.6 is 11.3 Å². The Bertz CT molecular complexity index is 378. The number of carbonyl (C=O) groups is 1. The van der Waals surface area contributed by atoms with Crippen LogP contribution in [0.5, 0.6) is 0 Å². The first-order valence-electron chi connectivity index (χ1n) is 6.29. The molecule has 2 amide bonds. The predicted octanol–water partition coefficient (Wildman–Crippen LogP) is 2.73. The third kappa shape index (κ3) is 5.01. The van der Waals surface area contributed by atoms with Crippen molar-refractivity contribution in [1.29, 1.82) is 0 Å². The Balaban J connectivity index is 2.50. The molecule has 102 valence electrons. The Hall–Kier alpha value is -1.14. The number of hydrogen-bond acceptors (Lipinski definition) is 4. The van der Waals surface area contributed by atoms with Crippen LogP contribution in [0.25, 0.3) is 0 Å². The Kier molecular flexibility index (Phi) is 6.07. The molecule has 0 aliphatic carbocycles. The van der Waals surface area contributed by atoms with E-state index in [4.69, 9.17) is 0 Å². The van der Waals surface area contributed by atoms with E-state index in [1.807, 2.05) is 19.2 Å². The van der Waals surface area contributed by atoms with Crippen LogP contribution < -0.4 is 16.0 Å². The molecule has 18 heavy (non-hydrogen) atoms. The van der Waals surface area contributed by atoms with Gasteiger partial charge in [-0.3, -0.25) is 5.32 Å². The van der Waals surface area contributed by atoms with Crippen LogP contribution in [-0.2, 0) is 0 Å². The molecule has 1 aromatic rings. The number of aromatic nitrogens is 1. The van der Waals surface area contributed by atoms with Gasteiger partial charge in [0.2, 0.25) is 0 Å². The monoisotopic (exact) mass is 270 g/mol. The molecule has 0 spiro atoms. The van der Waals surface area contributed by atoms with Gasteiger partial charge in [-0.2, -0.15) is 0 Å². The number of rotatable bonds is 6. The summed E-state index contributed by atoms with van der Waals surface area (Å²) in [6.07, 6.45) is 1.09. The van der Waals surface area contributed by atoms with Gasteiger partial charge in [0.05, 0.1) is 5.69 Å². The van der Waals surface area contributed by atoms with Gasteiger partial charge in [-0.1, -0.05) is 6.92 Å². The van der Waals surface area contributed by atoms with Gasteiger partial charge in [0, 0.05) is 17.5 Å². The summed E-state index contributed by atoms with van der Waals surface area (Å²) in [7, 11) is 0. The second-order valence-electron chi connectivity index (χ2n) is 4.51. The zero-order valence-electron chi connectivity index (χ0n) is 11.4. The van der Waals surface area contributed by atoms with E-state index < -0.39 is 0 Å². The van der Waals surface area contributed by atoms with Crippen molar-refractivity contribution in [1.82, 2.24) is 15.6 Å². The van der Waals surface area contributed by atoms with Crippen molar-refractivity contribution in [2.24, 2.45) is 0 Å². The fourth-order valence-corrected chi connectivity index (χ4v) is 2.20. The van der Waals surface area contributed by atoms with Crippen molar-refractivity contribution in [2.45, 2.75) is 46.2 Å². The molecule has 0 aliphatic rings. The van der Waals surface area contributed by atoms with Gasteiger partial charge in [0.25, 0.3) is 0 Å². The Morgan fingerprint density at radius 2 is 2.17 bits per heavy atom. The molecule has 0 radical (unpaired) electrons. The maximum atomic E-state index is 11.5. The molecule has 0 fully saturated rings. The van der Waals surface area contributed by atoms with E-state index in [9.17, 15) is 4.79 Å². The van der Waals surface area contributed by atoms with Crippen molar-refractivity contribution in [2.75, 3.05) is 11.9 Å². The van der Waals surface area contributed by atoms with Crippen molar-refractivity contribution in [3.63, 3.8) is 0 Å². The van der Waals surface area contributed by atoms with Crippen LogP contribution in [0.2, 0.25) is 0 Å². The van der Waals surface area contributed by atoms with E-state index in [1.165, 1.54) is 11.3 Å². The lowest BCUT2D eigenvalue weighted by Gasteiger charge is -2.10. The van der Waals surface area contributed by atoms with E-state index in [0.717, 1.165) is 18.7 Å². The number of thiazole rings is 1. The van der Waals surface area contributed by atoms with Crippen molar-refractivity contribution >= 4 is 22.5 Å². The number of nitrogens with one attached hydrogen (secondary N) is 3. The lowest BCUT2D eigenvalue weighted by Crippen LogP contribution is -2.34. The van der Waals surface area contributed by atoms with Crippen molar-refractivity contribution in [3.8, 4) is 0 Å². The fraction of sp³-hybridized carbons (Fsp3) is 0.667. The molecule has 1 heterocycles. The molecule has 0 aliphatic heterocycles. The molecule has 1 unspecified atom stereocenters. The maximum absolute atomic E-state index is 11.5. The first kappa shape index (κ1) is 14.9. The average molecular weight is 270 g/mol. The normalized spacial score (nSPS) is 12.5. The molecule has 3 N–H and O–H groups in total. The zero-order chi connectivity index (χ0) is 13.5. The second-order valence-corrected chi connectivity index (χ2v) is 5.36. The lowest BCUT2D eigenvalue weighted by molar-refractivity contribution is 0.250. The van der Waals surface area contributed by atoms with Crippen LogP contribution in [0, 0.1) is 0 Å². The highest BCUT2D eigenvalue weighted by Gasteiger charge is 2.11. The minimum atomic E-state index is -0.208. The van der Waals surface area contributed by atoms with Crippen LogP contribution in [0.4, 0.5) is 9.93 Å². The largest absolute Gasteiger partial charge is 0.336 e. The SMILES string of the molecule is CCCNC(C)c1csc(NC(=O)NC(C)C)n1. The maximum Gasteiger partial charge on any atom is 0.321 e. The summed E-state index contributed by atoms with van der Waals surface area (Å²) in [5.74, 6) is 0. The van der Waals surface area contributed by atoms with Crippen molar-refractivity contribution < 1.29 is 4.79 Å². The van der Waals surface area contributed by atoms with Gasteiger partial charge in [-0.05, 0) is 33.7 Å². The first-order chi connectivity index (χ1) is 8.52. The fourth-order valence-electron chi connectivity index (χ4n) is 1.40. The highest BCUT2D eigenvalue weighted by atomic mass is 32.1. The van der Waals surface area contributed by atoms with Crippen LogP contribution in [0.1, 0.15) is 45.9 Å². The summed E-state index contributed by atoms with van der Waals surface area (Å²) in [6.45, 7) is 9.01. The Morgan fingerprint density at radius 3 is 2.78 bits per heavy atom. The number of hydrogen-bond donors (Lipinski definition) is 3. The number of amides is 2. The van der Waals surface area contributed by atoms with Gasteiger partial charge in [0.1, 0.15) is 0 Å². The predicted molar refractivity (Wildman–Crippen MR) is 76.1 cm³/mol. The summed E-state index contributed by atoms with van der Waals surface area (Å²) in [5, 5.41) is 11.5. The standard InChI is InChI=1S/C12H22N4OS/c1-5-6-13-9(4)10-7-18-12(15-10)16-11(17)14-8(2)3/h7-9,13H,5-6H2,1-4H3,(H2,14,15,16,17). The molecule has 0 aromatic carbocycles. The van der Waals surface area contributed by atoms with E-state index >= 15 is 0 Å². The lowest BCUT2D eigenvalue weighted by atomic mass is 10.2. The third-order valence-electron chi connectivity index (χ3n) is 2.31. The van der Waals surface area contributed by atoms with Gasteiger partial charge >= 0.3 is 6.03 Å². The van der Waals surface area contributed by atoms with E-state index in [-0.39, 0.29) is 18.1 Å². The van der Waals surface area contributed by atoms with Gasteiger partial charge < -0.3 is 10.6 Å². The van der Waals surface area contributed by atoms with Gasteiger partial charge in [-0.15, -0.1) is 11.3 Å². The van der Waals surface area contributed by atoms with Crippen LogP contribution in [-0.4, -0.2) is 23.6 Å². The quantitative estimate of drug-likeness (QED) is 0.744. The first-order valence-corrected chi connectivity index (χ1v) is 7.17. The highest BCUT2D eigenvalue weighted by Crippen LogP contribution is 2.20. The minimum absolute atomic E-state index is 0.120. The number of urea groups is 1. The summed E-state index contributed by atoms with van der Waals surface area (Å²) in [6, 6.07) is 0.125. The third-order valence-corrected chi connectivity index (χ3v) is 3.08. The molecule has 0 saturated heterocycles. The van der Waals surface area contributed by atoms with E-state index in [2.05, 4.69) is 34.8 Å². The molecule has 0 saturated carbocycles. The number of anilines is 1. The summed E-state index contributed by atoms with van der Waals surface area (Å²) < 4.78 is 0. The second kappa shape index (κ2) is 7.33. The zero-order valence-corrected chi connectivity index (χ0v) is 12.2. The number of carbonyl (C=O) groups excluding carboxylic acids is 1. The van der Waals surface area contributed by atoms with Crippen LogP contribution in [0.3, 0.4) is 0 Å². The summed E-state index contributed by atoms with van der Waals surface area (Å²) in [5.41, 5.74) is 0.966. The van der Waals surface area contributed by atoms with Gasteiger partial charge in [-0.25, -0.2) is 9.78 Å². The van der Waals surface area contributed by atoms with E-state index in [1.54, 1.807) is 0 Å². The molecule has 1 rings (SSSR count). The van der Waals surface area contributed by atoms with E-state index in [0.29, 0.717) is 5.13 Å². The van der Waals surface area contributed by atoms with Gasteiger partial charge in [0.15, 0.2) is 5.13 Å². The van der Waals surface area contributed by atoms with Crippen molar-refractivity contribution in [3.05, 3.63) is 11.1 Å². The topological polar surface area (TPSA) is 66.0 Å². The Labute approximate surface area is 112 Å². The summed E-state index contributed by atoms with van der Waals surface area (Å²) in [4.78, 5) is 15.9. The molecule has 6 heteroatoms. The molecule has 1 aromatic heterocycles. The molecule has 0 bridgehead atoms. The molecule has 1 atom stereocenters. The smallest absolute Gasteiger partial charge is 0.321 e. The minimum Gasteiger partial charge on any atom is -0.336 e. The molecular weight excluding hydrogens is 248 g/mol. The van der Waals surface area contributed by atoms with Crippen LogP contribution in [0.15, 0.2) is 5.38 Å².